The Morgan fingerprint density at radius 2 is 2.07 bits per heavy atom. The van der Waals surface area contributed by atoms with E-state index in [2.05, 4.69) is 46.1 Å². The average Bonchev–Trinajstić information content (AvgIpc) is 3.05. The topological polar surface area (TPSA) is 76.4 Å². The van der Waals surface area contributed by atoms with E-state index in [-0.39, 0.29) is 0 Å². The van der Waals surface area contributed by atoms with Gasteiger partial charge in [0.05, 0.1) is 6.61 Å². The summed E-state index contributed by atoms with van der Waals surface area (Å²) in [5.41, 5.74) is 1.25. The molecule has 29 heavy (non-hydrogen) atoms. The van der Waals surface area contributed by atoms with Crippen molar-refractivity contribution in [3.63, 3.8) is 0 Å². The molecule has 0 fully saturated rings. The molecule has 2 aromatic rings. The largest absolute Gasteiger partial charge is 0.494 e. The van der Waals surface area contributed by atoms with E-state index in [4.69, 9.17) is 9.73 Å². The minimum Gasteiger partial charge on any atom is -0.494 e. The third-order valence-corrected chi connectivity index (χ3v) is 5.15. The third kappa shape index (κ3) is 8.35. The molecule has 0 aliphatic carbocycles. The fraction of sp³-hybridized carbons (Fsp3) is 0.571. The molecule has 1 heterocycles. The number of aliphatic imine (C=N–C) groups is 1. The van der Waals surface area contributed by atoms with E-state index in [0.717, 1.165) is 68.1 Å². The van der Waals surface area contributed by atoms with Gasteiger partial charge >= 0.3 is 0 Å². The Morgan fingerprint density at radius 3 is 2.79 bits per heavy atom. The number of ether oxygens (including phenoxy) is 1. The van der Waals surface area contributed by atoms with Gasteiger partial charge in [-0.05, 0) is 55.9 Å². The van der Waals surface area contributed by atoms with E-state index in [9.17, 15) is 0 Å². The van der Waals surface area contributed by atoms with Crippen molar-refractivity contribution in [2.24, 2.45) is 12.0 Å². The fourth-order valence-electron chi connectivity index (χ4n) is 2.67. The summed E-state index contributed by atoms with van der Waals surface area (Å²) in [6, 6.07) is 8.30. The Kier molecular flexibility index (Phi) is 10.4. The van der Waals surface area contributed by atoms with Crippen LogP contribution in [0.3, 0.4) is 0 Å². The number of rotatable bonds is 12. The molecule has 160 valence electrons. The predicted molar refractivity (Wildman–Crippen MR) is 122 cm³/mol. The molecule has 2 rings (SSSR count). The zero-order chi connectivity index (χ0) is 20.9. The van der Waals surface area contributed by atoms with Crippen molar-refractivity contribution in [3.8, 4) is 5.75 Å². The van der Waals surface area contributed by atoms with Crippen molar-refractivity contribution in [1.82, 2.24) is 25.4 Å². The van der Waals surface area contributed by atoms with E-state index in [1.54, 1.807) is 0 Å². The molecule has 8 heteroatoms. The summed E-state index contributed by atoms with van der Waals surface area (Å²) in [5, 5.41) is 15.2. The SMILES string of the molecule is CCCOc1cccc(CCNC(=NCc2nnc(C)n2C)NCCCSC)c1. The van der Waals surface area contributed by atoms with Crippen LogP contribution < -0.4 is 15.4 Å². The van der Waals surface area contributed by atoms with Crippen LogP contribution in [0, 0.1) is 6.92 Å². The maximum Gasteiger partial charge on any atom is 0.191 e. The summed E-state index contributed by atoms with van der Waals surface area (Å²) in [6.07, 6.45) is 5.14. The minimum atomic E-state index is 0.496. The number of benzene rings is 1. The van der Waals surface area contributed by atoms with Crippen LogP contribution >= 0.6 is 11.8 Å². The first-order valence-electron chi connectivity index (χ1n) is 10.2. The van der Waals surface area contributed by atoms with Gasteiger partial charge in [-0.25, -0.2) is 4.99 Å². The molecular weight excluding hydrogens is 384 g/mol. The summed E-state index contributed by atoms with van der Waals surface area (Å²) in [6.45, 7) is 6.99. The third-order valence-electron chi connectivity index (χ3n) is 4.46. The lowest BCUT2D eigenvalue weighted by Gasteiger charge is -2.13. The second kappa shape index (κ2) is 13.1. The Morgan fingerprint density at radius 1 is 1.24 bits per heavy atom. The Bertz CT molecular complexity index is 761. The van der Waals surface area contributed by atoms with Crippen molar-refractivity contribution in [2.75, 3.05) is 31.7 Å². The van der Waals surface area contributed by atoms with Crippen molar-refractivity contribution in [2.45, 2.75) is 39.7 Å². The molecule has 0 radical (unpaired) electrons. The van der Waals surface area contributed by atoms with Crippen LogP contribution in [0.15, 0.2) is 29.3 Å². The summed E-state index contributed by atoms with van der Waals surface area (Å²) in [5.74, 6) is 4.63. The molecule has 1 aromatic heterocycles. The molecule has 1 aromatic carbocycles. The van der Waals surface area contributed by atoms with Crippen molar-refractivity contribution in [3.05, 3.63) is 41.5 Å². The number of nitrogens with one attached hydrogen (secondary N) is 2. The van der Waals surface area contributed by atoms with E-state index in [1.165, 1.54) is 5.56 Å². The first kappa shape index (κ1) is 23.1. The summed E-state index contributed by atoms with van der Waals surface area (Å²) >= 11 is 1.86. The predicted octanol–water partition coefficient (Wildman–Crippen LogP) is 2.94. The van der Waals surface area contributed by atoms with Crippen LogP contribution in [0.5, 0.6) is 5.75 Å². The second-order valence-corrected chi connectivity index (χ2v) is 7.82. The van der Waals surface area contributed by atoms with Crippen LogP contribution in [0.4, 0.5) is 0 Å². The first-order valence-corrected chi connectivity index (χ1v) is 11.6. The number of aromatic nitrogens is 3. The van der Waals surface area contributed by atoms with Gasteiger partial charge < -0.3 is 19.9 Å². The van der Waals surface area contributed by atoms with E-state index < -0.39 is 0 Å². The van der Waals surface area contributed by atoms with Crippen LogP contribution in [0.25, 0.3) is 0 Å². The van der Waals surface area contributed by atoms with Gasteiger partial charge in [-0.3, -0.25) is 0 Å². The Balaban J connectivity index is 1.90. The van der Waals surface area contributed by atoms with Gasteiger partial charge in [-0.2, -0.15) is 11.8 Å². The highest BCUT2D eigenvalue weighted by molar-refractivity contribution is 7.98. The van der Waals surface area contributed by atoms with E-state index in [1.807, 2.05) is 42.4 Å². The van der Waals surface area contributed by atoms with Crippen molar-refractivity contribution >= 4 is 17.7 Å². The summed E-state index contributed by atoms with van der Waals surface area (Å²) in [7, 11) is 1.97. The van der Waals surface area contributed by atoms with E-state index >= 15 is 0 Å². The Labute approximate surface area is 178 Å². The van der Waals surface area contributed by atoms with Gasteiger partial charge in [0.15, 0.2) is 11.8 Å². The second-order valence-electron chi connectivity index (χ2n) is 6.83. The molecule has 0 aliphatic heterocycles. The monoisotopic (exact) mass is 418 g/mol. The quantitative estimate of drug-likeness (QED) is 0.314. The summed E-state index contributed by atoms with van der Waals surface area (Å²) < 4.78 is 7.70. The highest BCUT2D eigenvalue weighted by atomic mass is 32.2. The van der Waals surface area contributed by atoms with Gasteiger partial charge in [0.2, 0.25) is 0 Å². The maximum absolute atomic E-state index is 5.73. The van der Waals surface area contributed by atoms with Gasteiger partial charge in [0.25, 0.3) is 0 Å². The summed E-state index contributed by atoms with van der Waals surface area (Å²) in [4.78, 5) is 4.69. The molecule has 0 bridgehead atoms. The maximum atomic E-state index is 5.73. The highest BCUT2D eigenvalue weighted by Crippen LogP contribution is 2.13. The lowest BCUT2D eigenvalue weighted by atomic mass is 10.1. The fourth-order valence-corrected chi connectivity index (χ4v) is 3.11. The molecule has 0 spiro atoms. The highest BCUT2D eigenvalue weighted by Gasteiger charge is 2.05. The molecule has 7 nitrogen and oxygen atoms in total. The zero-order valence-electron chi connectivity index (χ0n) is 18.1. The molecule has 0 saturated carbocycles. The van der Waals surface area contributed by atoms with Gasteiger partial charge in [0, 0.05) is 20.1 Å². The van der Waals surface area contributed by atoms with Crippen LogP contribution in [0.2, 0.25) is 0 Å². The molecule has 0 aliphatic rings. The van der Waals surface area contributed by atoms with Gasteiger partial charge in [-0.1, -0.05) is 19.1 Å². The lowest BCUT2D eigenvalue weighted by molar-refractivity contribution is 0.317. The Hall–Kier alpha value is -2.22. The number of thioether (sulfide) groups is 1. The number of nitrogens with zero attached hydrogens (tertiary/aromatic N) is 4. The molecule has 2 N–H and O–H groups in total. The van der Waals surface area contributed by atoms with Crippen LogP contribution in [-0.2, 0) is 20.0 Å². The standard InChI is InChI=1S/C21H34N6OS/c1-5-13-28-19-9-6-8-18(15-19)10-12-23-21(22-11-7-14-29-4)24-16-20-26-25-17(2)27(20)3/h6,8-9,15H,5,7,10-14,16H2,1-4H3,(H2,22,23,24). The molecule has 0 atom stereocenters. The molecule has 0 amide bonds. The molecule has 0 saturated heterocycles. The average molecular weight is 419 g/mol. The number of guanidine groups is 1. The van der Waals surface area contributed by atoms with Crippen molar-refractivity contribution < 1.29 is 4.74 Å². The smallest absolute Gasteiger partial charge is 0.191 e. The van der Waals surface area contributed by atoms with E-state index in [0.29, 0.717) is 6.54 Å². The zero-order valence-corrected chi connectivity index (χ0v) is 18.9. The molecule has 0 unspecified atom stereocenters. The van der Waals surface area contributed by atoms with Gasteiger partial charge in [-0.15, -0.1) is 10.2 Å². The number of hydrogen-bond acceptors (Lipinski definition) is 5. The van der Waals surface area contributed by atoms with Crippen LogP contribution in [-0.4, -0.2) is 52.4 Å². The number of hydrogen-bond donors (Lipinski definition) is 2. The number of aryl methyl sites for hydroxylation is 1. The van der Waals surface area contributed by atoms with Gasteiger partial charge in [0.1, 0.15) is 18.1 Å². The lowest BCUT2D eigenvalue weighted by Crippen LogP contribution is -2.39. The molecular formula is C21H34N6OS. The normalized spacial score (nSPS) is 11.5. The van der Waals surface area contributed by atoms with Crippen LogP contribution in [0.1, 0.15) is 37.0 Å². The minimum absolute atomic E-state index is 0.496. The van der Waals surface area contributed by atoms with Crippen molar-refractivity contribution in [1.29, 1.82) is 0 Å². The first-order chi connectivity index (χ1) is 14.1.